The molecule has 1 fully saturated rings. The van der Waals surface area contributed by atoms with Crippen LogP contribution in [0.15, 0.2) is 18.2 Å². The average molecular weight is 318 g/mol. The summed E-state index contributed by atoms with van der Waals surface area (Å²) in [5, 5.41) is 0. The Balaban J connectivity index is 2.46. The van der Waals surface area contributed by atoms with Gasteiger partial charge in [-0.15, -0.1) is 0 Å². The largest absolute Gasteiger partial charge is 0.352 e. The van der Waals surface area contributed by atoms with Crippen LogP contribution in [0.3, 0.4) is 0 Å². The van der Waals surface area contributed by atoms with Crippen molar-refractivity contribution in [2.45, 2.75) is 91.3 Å². The van der Waals surface area contributed by atoms with E-state index in [-0.39, 0.29) is 16.6 Å². The first-order valence-electron chi connectivity index (χ1n) is 9.04. The molecule has 0 N–H and O–H groups in total. The summed E-state index contributed by atoms with van der Waals surface area (Å²) in [6.07, 6.45) is 3.73. The van der Waals surface area contributed by atoms with E-state index >= 15 is 0 Å². The van der Waals surface area contributed by atoms with Crippen LogP contribution in [0, 0.1) is 0 Å². The number of rotatable bonds is 3. The summed E-state index contributed by atoms with van der Waals surface area (Å²) in [6.45, 7) is 19.3. The lowest BCUT2D eigenvalue weighted by molar-refractivity contribution is 0.242. The molecule has 0 amide bonds. The van der Waals surface area contributed by atoms with Crippen LogP contribution < -0.4 is 9.80 Å². The van der Waals surface area contributed by atoms with Gasteiger partial charge < -0.3 is 9.80 Å². The molecular weight excluding hydrogens is 282 g/mol. The number of piperidine rings is 1. The highest BCUT2D eigenvalue weighted by Crippen LogP contribution is 2.41. The van der Waals surface area contributed by atoms with E-state index in [1.54, 1.807) is 0 Å². The van der Waals surface area contributed by atoms with Crippen molar-refractivity contribution in [1.82, 2.24) is 4.98 Å². The summed E-state index contributed by atoms with van der Waals surface area (Å²) in [7, 11) is 0. The summed E-state index contributed by atoms with van der Waals surface area (Å²) < 4.78 is 0. The number of hydrogen-bond donors (Lipinski definition) is 0. The predicted octanol–water partition coefficient (Wildman–Crippen LogP) is 5.25. The van der Waals surface area contributed by atoms with Crippen molar-refractivity contribution in [3.05, 3.63) is 18.2 Å². The van der Waals surface area contributed by atoms with E-state index < -0.39 is 0 Å². The van der Waals surface area contributed by atoms with Gasteiger partial charge in [0, 0.05) is 23.2 Å². The quantitative estimate of drug-likeness (QED) is 0.758. The maximum atomic E-state index is 5.08. The maximum Gasteiger partial charge on any atom is 0.131 e. The summed E-state index contributed by atoms with van der Waals surface area (Å²) in [4.78, 5) is 10.00. The average Bonchev–Trinajstić information content (AvgIpc) is 2.35. The summed E-state index contributed by atoms with van der Waals surface area (Å²) in [5.41, 5.74) is 0.367. The van der Waals surface area contributed by atoms with Crippen molar-refractivity contribution in [2.24, 2.45) is 0 Å². The number of nitrogens with zero attached hydrogens (tertiary/aromatic N) is 3. The van der Waals surface area contributed by atoms with Gasteiger partial charge in [0.2, 0.25) is 0 Å². The molecule has 1 saturated heterocycles. The molecule has 0 unspecified atom stereocenters. The highest BCUT2D eigenvalue weighted by molar-refractivity contribution is 5.53. The second kappa shape index (κ2) is 5.99. The molecule has 0 aromatic carbocycles. The van der Waals surface area contributed by atoms with E-state index in [4.69, 9.17) is 4.98 Å². The molecule has 1 aliphatic heterocycles. The molecule has 0 radical (unpaired) electrons. The Morgan fingerprint density at radius 2 is 1.65 bits per heavy atom. The maximum absolute atomic E-state index is 5.08. The highest BCUT2D eigenvalue weighted by atomic mass is 15.3. The highest BCUT2D eigenvalue weighted by Gasteiger charge is 2.42. The molecule has 0 saturated carbocycles. The van der Waals surface area contributed by atoms with Crippen molar-refractivity contribution < 1.29 is 0 Å². The SMILES string of the molecule is CCN(c1cccc(N2C(C)(C)CCCC2(C)C)n1)C(C)(C)C. The van der Waals surface area contributed by atoms with Gasteiger partial charge in [-0.25, -0.2) is 4.98 Å². The Labute approximate surface area is 143 Å². The second-order valence-electron chi connectivity index (χ2n) is 9.08. The molecule has 1 aliphatic rings. The third kappa shape index (κ3) is 3.64. The van der Waals surface area contributed by atoms with Crippen molar-refractivity contribution in [2.75, 3.05) is 16.3 Å². The van der Waals surface area contributed by atoms with E-state index in [0.717, 1.165) is 18.2 Å². The van der Waals surface area contributed by atoms with Crippen LogP contribution >= 0.6 is 0 Å². The molecule has 1 aromatic heterocycles. The summed E-state index contributed by atoms with van der Waals surface area (Å²) in [6, 6.07) is 6.48. The lowest BCUT2D eigenvalue weighted by Crippen LogP contribution is -2.59. The normalized spacial score (nSPS) is 20.4. The van der Waals surface area contributed by atoms with Gasteiger partial charge in [-0.05, 0) is 86.8 Å². The van der Waals surface area contributed by atoms with Gasteiger partial charge in [-0.3, -0.25) is 0 Å². The van der Waals surface area contributed by atoms with Crippen LogP contribution in [0.1, 0.15) is 74.7 Å². The molecule has 0 atom stereocenters. The summed E-state index contributed by atoms with van der Waals surface area (Å²) in [5.74, 6) is 2.19. The molecule has 2 heterocycles. The zero-order valence-corrected chi connectivity index (χ0v) is 16.4. The van der Waals surface area contributed by atoms with Crippen molar-refractivity contribution in [3.8, 4) is 0 Å². The van der Waals surface area contributed by atoms with Gasteiger partial charge in [0.1, 0.15) is 11.6 Å². The first kappa shape index (κ1) is 18.1. The molecule has 0 bridgehead atoms. The molecule has 23 heavy (non-hydrogen) atoms. The van der Waals surface area contributed by atoms with Crippen molar-refractivity contribution in [1.29, 1.82) is 0 Å². The smallest absolute Gasteiger partial charge is 0.131 e. The fourth-order valence-corrected chi connectivity index (χ4v) is 4.28. The van der Waals surface area contributed by atoms with Crippen LogP contribution in [0.2, 0.25) is 0 Å². The minimum absolute atomic E-state index is 0.0767. The topological polar surface area (TPSA) is 19.4 Å². The minimum atomic E-state index is 0.0767. The molecule has 0 spiro atoms. The Hall–Kier alpha value is -1.25. The molecule has 130 valence electrons. The standard InChI is InChI=1S/C20H35N3/c1-9-22(18(2,3)4)16-12-10-13-17(21-16)23-19(5,6)14-11-15-20(23,7)8/h10,12-13H,9,11,14-15H2,1-8H3. The number of pyridine rings is 1. The Morgan fingerprint density at radius 3 is 2.13 bits per heavy atom. The Morgan fingerprint density at radius 1 is 1.09 bits per heavy atom. The monoisotopic (exact) mass is 317 g/mol. The third-order valence-electron chi connectivity index (χ3n) is 5.14. The first-order chi connectivity index (χ1) is 10.5. The van der Waals surface area contributed by atoms with Gasteiger partial charge in [0.05, 0.1) is 0 Å². The van der Waals surface area contributed by atoms with Crippen LogP contribution in [-0.4, -0.2) is 28.1 Å². The second-order valence-corrected chi connectivity index (χ2v) is 9.08. The van der Waals surface area contributed by atoms with Gasteiger partial charge in [0.25, 0.3) is 0 Å². The van der Waals surface area contributed by atoms with Crippen molar-refractivity contribution >= 4 is 11.6 Å². The number of aromatic nitrogens is 1. The molecule has 3 heteroatoms. The number of anilines is 2. The van der Waals surface area contributed by atoms with Crippen molar-refractivity contribution in [3.63, 3.8) is 0 Å². The molecule has 0 aliphatic carbocycles. The van der Waals surface area contributed by atoms with Gasteiger partial charge in [0.15, 0.2) is 0 Å². The fraction of sp³-hybridized carbons (Fsp3) is 0.750. The molecule has 1 aromatic rings. The number of hydrogen-bond acceptors (Lipinski definition) is 3. The fourth-order valence-electron chi connectivity index (χ4n) is 4.28. The zero-order chi connectivity index (χ0) is 17.5. The van der Waals surface area contributed by atoms with E-state index in [9.17, 15) is 0 Å². The predicted molar refractivity (Wildman–Crippen MR) is 101 cm³/mol. The Bertz CT molecular complexity index is 524. The van der Waals surface area contributed by atoms with E-state index in [1.165, 1.54) is 19.3 Å². The lowest BCUT2D eigenvalue weighted by atomic mass is 9.80. The molecule has 3 nitrogen and oxygen atoms in total. The minimum Gasteiger partial charge on any atom is -0.352 e. The first-order valence-corrected chi connectivity index (χ1v) is 9.04. The van der Waals surface area contributed by atoms with E-state index in [1.807, 2.05) is 0 Å². The molecule has 2 rings (SSSR count). The third-order valence-corrected chi connectivity index (χ3v) is 5.14. The van der Waals surface area contributed by atoms with Gasteiger partial charge in [-0.1, -0.05) is 6.07 Å². The molecular formula is C20H35N3. The van der Waals surface area contributed by atoms with Crippen LogP contribution in [0.4, 0.5) is 11.6 Å². The summed E-state index contributed by atoms with van der Waals surface area (Å²) >= 11 is 0. The van der Waals surface area contributed by atoms with E-state index in [2.05, 4.69) is 83.4 Å². The van der Waals surface area contributed by atoms with Crippen LogP contribution in [-0.2, 0) is 0 Å². The Kier molecular flexibility index (Phi) is 4.71. The van der Waals surface area contributed by atoms with Gasteiger partial charge >= 0.3 is 0 Å². The zero-order valence-electron chi connectivity index (χ0n) is 16.4. The lowest BCUT2D eigenvalue weighted by Gasteiger charge is -2.54. The van der Waals surface area contributed by atoms with Crippen LogP contribution in [0.5, 0.6) is 0 Å². The van der Waals surface area contributed by atoms with E-state index in [0.29, 0.717) is 0 Å². The van der Waals surface area contributed by atoms with Crippen LogP contribution in [0.25, 0.3) is 0 Å². The van der Waals surface area contributed by atoms with Gasteiger partial charge in [-0.2, -0.15) is 0 Å².